The zero-order chi connectivity index (χ0) is 14.2. The van der Waals surface area contributed by atoms with Gasteiger partial charge in [0.25, 0.3) is 0 Å². The van der Waals surface area contributed by atoms with Gasteiger partial charge in [0.15, 0.2) is 6.29 Å². The molecule has 1 aromatic heterocycles. The molecule has 4 heterocycles. The summed E-state index contributed by atoms with van der Waals surface area (Å²) in [7, 11) is 0. The molecule has 5 atom stereocenters. The Labute approximate surface area is 120 Å². The van der Waals surface area contributed by atoms with Crippen LogP contribution in [0.2, 0.25) is 0 Å². The number of ether oxygens (including phenoxy) is 2. The second kappa shape index (κ2) is 3.63. The Morgan fingerprint density at radius 2 is 2.29 bits per heavy atom. The van der Waals surface area contributed by atoms with Crippen LogP contribution in [-0.4, -0.2) is 39.3 Å². The zero-order valence-corrected chi connectivity index (χ0v) is 11.1. The molecule has 0 radical (unpaired) electrons. The maximum atomic E-state index is 11.0. The minimum atomic E-state index is -1.32. The average Bonchev–Trinajstić information content (AvgIpc) is 3.09. The van der Waals surface area contributed by atoms with Gasteiger partial charge in [0.1, 0.15) is 23.4 Å². The number of aromatic nitrogens is 2. The summed E-state index contributed by atoms with van der Waals surface area (Å²) in [5.41, 5.74) is 0.513. The molecule has 6 heteroatoms. The zero-order valence-electron chi connectivity index (χ0n) is 11.1. The number of nitriles is 1. The summed E-state index contributed by atoms with van der Waals surface area (Å²) >= 11 is 0. The van der Waals surface area contributed by atoms with E-state index >= 15 is 0 Å². The third-order valence-electron chi connectivity index (χ3n) is 4.93. The largest absolute Gasteiger partial charge is 0.383 e. The van der Waals surface area contributed by atoms with Gasteiger partial charge in [-0.1, -0.05) is 12.1 Å². The van der Waals surface area contributed by atoms with Crippen molar-refractivity contribution in [1.82, 2.24) is 9.55 Å². The summed E-state index contributed by atoms with van der Waals surface area (Å²) in [5, 5.41) is 20.6. The highest BCUT2D eigenvalue weighted by Crippen LogP contribution is 2.52. The van der Waals surface area contributed by atoms with Crippen LogP contribution in [0, 0.1) is 11.3 Å². The quantitative estimate of drug-likeness (QED) is 0.782. The molecule has 0 saturated carbocycles. The number of hydrogen-bond donors (Lipinski definition) is 1. The van der Waals surface area contributed by atoms with Gasteiger partial charge in [-0.3, -0.25) is 0 Å². The minimum absolute atomic E-state index is 0.0410. The number of hydrogen-bond acceptors (Lipinski definition) is 5. The van der Waals surface area contributed by atoms with Crippen molar-refractivity contribution in [2.24, 2.45) is 0 Å². The van der Waals surface area contributed by atoms with Crippen LogP contribution in [0.4, 0.5) is 0 Å². The Balaban J connectivity index is 1.85. The molecule has 1 aromatic carbocycles. The van der Waals surface area contributed by atoms with E-state index in [0.717, 1.165) is 11.0 Å². The van der Waals surface area contributed by atoms with E-state index in [9.17, 15) is 10.4 Å². The fraction of sp³-hybridized carbons (Fsp3) is 0.467. The number of rotatable bonds is 0. The van der Waals surface area contributed by atoms with E-state index in [0.29, 0.717) is 18.9 Å². The predicted octanol–water partition coefficient (Wildman–Crippen LogP) is 1.07. The summed E-state index contributed by atoms with van der Waals surface area (Å²) in [6.45, 7) is 0.446. The van der Waals surface area contributed by atoms with Crippen LogP contribution in [0.25, 0.3) is 11.0 Å². The molecule has 0 spiro atoms. The van der Waals surface area contributed by atoms with Crippen LogP contribution in [0.15, 0.2) is 24.3 Å². The van der Waals surface area contributed by atoms with E-state index in [-0.39, 0.29) is 12.1 Å². The van der Waals surface area contributed by atoms with E-state index in [4.69, 9.17) is 9.47 Å². The Bertz CT molecular complexity index is 795. The molecule has 4 bridgehead atoms. The highest BCUT2D eigenvalue weighted by atomic mass is 16.7. The summed E-state index contributed by atoms with van der Waals surface area (Å²) in [6.07, 6.45) is -0.350. The first kappa shape index (κ1) is 11.7. The lowest BCUT2D eigenvalue weighted by Gasteiger charge is -2.47. The maximum Gasteiger partial charge on any atom is 0.188 e. The molecule has 2 saturated heterocycles. The lowest BCUT2D eigenvalue weighted by Crippen LogP contribution is -2.57. The van der Waals surface area contributed by atoms with Crippen molar-refractivity contribution in [2.45, 2.75) is 36.4 Å². The maximum absolute atomic E-state index is 11.0. The van der Waals surface area contributed by atoms with Gasteiger partial charge in [0.2, 0.25) is 0 Å². The third kappa shape index (κ3) is 1.25. The molecule has 2 fully saturated rings. The Morgan fingerprint density at radius 1 is 1.43 bits per heavy atom. The van der Waals surface area contributed by atoms with Crippen molar-refractivity contribution in [3.8, 4) is 6.07 Å². The summed E-state index contributed by atoms with van der Waals surface area (Å²) in [6, 6.07) is 9.97. The average molecular weight is 283 g/mol. The lowest BCUT2D eigenvalue weighted by molar-refractivity contribution is -0.234. The minimum Gasteiger partial charge on any atom is -0.383 e. The fourth-order valence-corrected chi connectivity index (χ4v) is 3.97. The molecule has 5 rings (SSSR count). The van der Waals surface area contributed by atoms with Crippen LogP contribution < -0.4 is 0 Å². The molecule has 3 aliphatic heterocycles. The van der Waals surface area contributed by atoms with Crippen LogP contribution in [0.5, 0.6) is 0 Å². The van der Waals surface area contributed by atoms with Gasteiger partial charge in [-0.05, 0) is 12.1 Å². The molecule has 0 amide bonds. The third-order valence-corrected chi connectivity index (χ3v) is 4.93. The van der Waals surface area contributed by atoms with Gasteiger partial charge in [-0.2, -0.15) is 5.26 Å². The van der Waals surface area contributed by atoms with E-state index in [1.807, 2.05) is 24.3 Å². The Morgan fingerprint density at radius 3 is 3.14 bits per heavy atom. The summed E-state index contributed by atoms with van der Waals surface area (Å²) in [4.78, 5) is 4.60. The second-order valence-corrected chi connectivity index (χ2v) is 5.99. The van der Waals surface area contributed by atoms with Crippen LogP contribution >= 0.6 is 0 Å². The van der Waals surface area contributed by atoms with Crippen molar-refractivity contribution in [3.05, 3.63) is 30.1 Å². The molecule has 2 aromatic rings. The second-order valence-electron chi connectivity index (χ2n) is 5.99. The molecule has 21 heavy (non-hydrogen) atoms. The molecule has 3 aliphatic rings. The molecular formula is C15H13N3O3. The van der Waals surface area contributed by atoms with Gasteiger partial charge in [0, 0.05) is 6.42 Å². The lowest BCUT2D eigenvalue weighted by atomic mass is 9.76. The topological polar surface area (TPSA) is 80.3 Å². The SMILES string of the molecule is N#C[C@H]1c2nc3ccccc3n2[C@H]2C[C@@]1(O)[C@@H]1OC[C@H]2O1. The molecule has 0 aliphatic carbocycles. The number of benzene rings is 1. The van der Waals surface area contributed by atoms with Crippen molar-refractivity contribution in [3.63, 3.8) is 0 Å². The van der Waals surface area contributed by atoms with Crippen LogP contribution in [0.3, 0.4) is 0 Å². The number of nitrogens with zero attached hydrogens (tertiary/aromatic N) is 3. The first-order valence-electron chi connectivity index (χ1n) is 7.08. The monoisotopic (exact) mass is 283 g/mol. The number of fused-ring (bicyclic) bond motifs is 10. The fourth-order valence-electron chi connectivity index (χ4n) is 3.97. The first-order chi connectivity index (χ1) is 10.2. The van der Waals surface area contributed by atoms with Crippen LogP contribution in [-0.2, 0) is 9.47 Å². The van der Waals surface area contributed by atoms with E-state index in [2.05, 4.69) is 15.6 Å². The van der Waals surface area contributed by atoms with Gasteiger partial charge >= 0.3 is 0 Å². The van der Waals surface area contributed by atoms with Crippen molar-refractivity contribution in [1.29, 1.82) is 5.26 Å². The van der Waals surface area contributed by atoms with E-state index < -0.39 is 17.8 Å². The standard InChI is InChI=1S/C15H13N3O3/c16-6-8-13-17-9-3-1-2-4-10(9)18(13)11-5-15(8,19)14-20-7-12(11)21-14/h1-4,8,11-12,14,19H,5,7H2/t8-,11-,12+,14+,15-/m0/s1. The highest BCUT2D eigenvalue weighted by Gasteiger charge is 2.62. The number of imidazole rings is 1. The highest BCUT2D eigenvalue weighted by molar-refractivity contribution is 5.76. The Kier molecular flexibility index (Phi) is 2.02. The van der Waals surface area contributed by atoms with Crippen molar-refractivity contribution < 1.29 is 14.6 Å². The van der Waals surface area contributed by atoms with E-state index in [1.165, 1.54) is 0 Å². The molecule has 106 valence electrons. The van der Waals surface area contributed by atoms with Gasteiger partial charge < -0.3 is 19.1 Å². The van der Waals surface area contributed by atoms with Gasteiger partial charge in [-0.25, -0.2) is 4.98 Å². The number of aliphatic hydroxyl groups is 1. The van der Waals surface area contributed by atoms with Crippen molar-refractivity contribution >= 4 is 11.0 Å². The molecule has 1 N–H and O–H groups in total. The smallest absolute Gasteiger partial charge is 0.188 e. The normalized spacial score (nSPS) is 40.0. The van der Waals surface area contributed by atoms with Crippen LogP contribution in [0.1, 0.15) is 24.2 Å². The first-order valence-corrected chi connectivity index (χ1v) is 7.08. The number of para-hydroxylation sites is 2. The van der Waals surface area contributed by atoms with Gasteiger partial charge in [-0.15, -0.1) is 0 Å². The van der Waals surface area contributed by atoms with Crippen molar-refractivity contribution in [2.75, 3.05) is 6.61 Å². The van der Waals surface area contributed by atoms with E-state index in [1.54, 1.807) is 0 Å². The Hall–Kier alpha value is -1.94. The predicted molar refractivity (Wildman–Crippen MR) is 71.3 cm³/mol. The summed E-state index contributed by atoms with van der Waals surface area (Å²) in [5.74, 6) is -0.119. The molecule has 6 nitrogen and oxygen atoms in total. The molecule has 0 unspecified atom stereocenters. The summed E-state index contributed by atoms with van der Waals surface area (Å²) < 4.78 is 13.4. The molecular weight excluding hydrogens is 270 g/mol. The van der Waals surface area contributed by atoms with Gasteiger partial charge in [0.05, 0.1) is 29.8 Å².